The van der Waals surface area contributed by atoms with Crippen molar-refractivity contribution in [1.82, 2.24) is 10.2 Å². The standard InChI is InChI=1S/C14H30N2O/c1-11(2)15-10-12(3)13(4)16(5)14-6-8-17-9-7-14/h11-15H,6-10H2,1-5H3. The first-order chi connectivity index (χ1) is 8.02. The fourth-order valence-corrected chi connectivity index (χ4v) is 2.42. The zero-order valence-electron chi connectivity index (χ0n) is 12.2. The molecule has 3 nitrogen and oxygen atoms in total. The Balaban J connectivity index is 2.35. The predicted molar refractivity (Wildman–Crippen MR) is 73.4 cm³/mol. The molecule has 0 aromatic rings. The Hall–Kier alpha value is -0.120. The van der Waals surface area contributed by atoms with E-state index in [1.807, 2.05) is 0 Å². The van der Waals surface area contributed by atoms with Gasteiger partial charge in [0.05, 0.1) is 0 Å². The summed E-state index contributed by atoms with van der Waals surface area (Å²) in [6.07, 6.45) is 2.37. The van der Waals surface area contributed by atoms with E-state index in [4.69, 9.17) is 4.74 Å². The summed E-state index contributed by atoms with van der Waals surface area (Å²) in [7, 11) is 2.27. The van der Waals surface area contributed by atoms with Crippen molar-refractivity contribution in [3.63, 3.8) is 0 Å². The third kappa shape index (κ3) is 4.94. The van der Waals surface area contributed by atoms with Crippen molar-refractivity contribution in [3.8, 4) is 0 Å². The second-order valence-electron chi connectivity index (χ2n) is 5.79. The lowest BCUT2D eigenvalue weighted by molar-refractivity contribution is 0.0224. The monoisotopic (exact) mass is 242 g/mol. The average Bonchev–Trinajstić information content (AvgIpc) is 2.35. The molecule has 0 aromatic heterocycles. The molecule has 0 bridgehead atoms. The van der Waals surface area contributed by atoms with Crippen molar-refractivity contribution < 1.29 is 4.74 Å². The third-order valence-electron chi connectivity index (χ3n) is 4.08. The Morgan fingerprint density at radius 2 is 1.76 bits per heavy atom. The maximum atomic E-state index is 5.43. The number of hydrogen-bond donors (Lipinski definition) is 1. The molecule has 3 heteroatoms. The fraction of sp³-hybridized carbons (Fsp3) is 1.00. The fourth-order valence-electron chi connectivity index (χ4n) is 2.42. The lowest BCUT2D eigenvalue weighted by Crippen LogP contribution is -2.47. The first-order valence-corrected chi connectivity index (χ1v) is 7.05. The maximum Gasteiger partial charge on any atom is 0.0480 e. The van der Waals surface area contributed by atoms with Gasteiger partial charge in [-0.2, -0.15) is 0 Å². The normalized spacial score (nSPS) is 22.1. The molecule has 0 aromatic carbocycles. The van der Waals surface area contributed by atoms with E-state index < -0.39 is 0 Å². The van der Waals surface area contributed by atoms with Gasteiger partial charge < -0.3 is 15.0 Å². The lowest BCUT2D eigenvalue weighted by Gasteiger charge is -2.38. The van der Waals surface area contributed by atoms with Gasteiger partial charge in [-0.3, -0.25) is 0 Å². The van der Waals surface area contributed by atoms with E-state index in [-0.39, 0.29) is 0 Å². The summed E-state index contributed by atoms with van der Waals surface area (Å²) in [4.78, 5) is 2.55. The SMILES string of the molecule is CC(C)NCC(C)C(C)N(C)C1CCOCC1. The van der Waals surface area contributed by atoms with Crippen LogP contribution in [0.4, 0.5) is 0 Å². The second-order valence-corrected chi connectivity index (χ2v) is 5.79. The van der Waals surface area contributed by atoms with Gasteiger partial charge in [-0.25, -0.2) is 0 Å². The minimum Gasteiger partial charge on any atom is -0.381 e. The maximum absolute atomic E-state index is 5.43. The molecule has 1 aliphatic heterocycles. The molecule has 1 N–H and O–H groups in total. The minimum absolute atomic E-state index is 0.582. The zero-order valence-corrected chi connectivity index (χ0v) is 12.2. The van der Waals surface area contributed by atoms with Crippen LogP contribution in [-0.4, -0.2) is 49.8 Å². The van der Waals surface area contributed by atoms with Gasteiger partial charge in [-0.15, -0.1) is 0 Å². The Labute approximate surface area is 107 Å². The van der Waals surface area contributed by atoms with Crippen LogP contribution in [0.2, 0.25) is 0 Å². The highest BCUT2D eigenvalue weighted by Crippen LogP contribution is 2.18. The van der Waals surface area contributed by atoms with E-state index >= 15 is 0 Å². The molecule has 2 unspecified atom stereocenters. The molecule has 1 aliphatic rings. The van der Waals surface area contributed by atoms with Crippen molar-refractivity contribution in [3.05, 3.63) is 0 Å². The van der Waals surface area contributed by atoms with Crippen LogP contribution in [0.5, 0.6) is 0 Å². The molecular formula is C14H30N2O. The van der Waals surface area contributed by atoms with Crippen LogP contribution in [0.15, 0.2) is 0 Å². The third-order valence-corrected chi connectivity index (χ3v) is 4.08. The van der Waals surface area contributed by atoms with Crippen LogP contribution < -0.4 is 5.32 Å². The van der Waals surface area contributed by atoms with Crippen molar-refractivity contribution >= 4 is 0 Å². The van der Waals surface area contributed by atoms with Gasteiger partial charge in [-0.1, -0.05) is 20.8 Å². The van der Waals surface area contributed by atoms with Gasteiger partial charge in [-0.05, 0) is 39.3 Å². The molecule has 0 aliphatic carbocycles. The molecule has 0 amide bonds. The smallest absolute Gasteiger partial charge is 0.0480 e. The Morgan fingerprint density at radius 3 is 2.29 bits per heavy atom. The van der Waals surface area contributed by atoms with Gasteiger partial charge in [0.1, 0.15) is 0 Å². The molecule has 0 radical (unpaired) electrons. The van der Waals surface area contributed by atoms with E-state index in [2.05, 4.69) is 45.0 Å². The van der Waals surface area contributed by atoms with Crippen molar-refractivity contribution in [2.45, 2.75) is 58.7 Å². The van der Waals surface area contributed by atoms with Crippen molar-refractivity contribution in [2.75, 3.05) is 26.8 Å². The first-order valence-electron chi connectivity index (χ1n) is 7.05. The summed E-state index contributed by atoms with van der Waals surface area (Å²) >= 11 is 0. The highest BCUT2D eigenvalue weighted by molar-refractivity contribution is 4.80. The molecule has 1 rings (SSSR count). The number of rotatable bonds is 6. The van der Waals surface area contributed by atoms with Crippen LogP contribution >= 0.6 is 0 Å². The summed E-state index contributed by atoms with van der Waals surface area (Å²) in [5, 5.41) is 3.53. The Kier molecular flexibility index (Phi) is 6.45. The topological polar surface area (TPSA) is 24.5 Å². The molecule has 1 fully saturated rings. The highest BCUT2D eigenvalue weighted by Gasteiger charge is 2.25. The van der Waals surface area contributed by atoms with Gasteiger partial charge in [0.15, 0.2) is 0 Å². The molecule has 1 heterocycles. The van der Waals surface area contributed by atoms with E-state index in [9.17, 15) is 0 Å². The van der Waals surface area contributed by atoms with E-state index in [1.54, 1.807) is 0 Å². The molecule has 1 saturated heterocycles. The van der Waals surface area contributed by atoms with Gasteiger partial charge >= 0.3 is 0 Å². The van der Waals surface area contributed by atoms with Crippen LogP contribution in [0.1, 0.15) is 40.5 Å². The highest BCUT2D eigenvalue weighted by atomic mass is 16.5. The molecule has 102 valence electrons. The lowest BCUT2D eigenvalue weighted by atomic mass is 9.98. The van der Waals surface area contributed by atoms with E-state index in [0.29, 0.717) is 24.0 Å². The Bertz CT molecular complexity index is 202. The largest absolute Gasteiger partial charge is 0.381 e. The quantitative estimate of drug-likeness (QED) is 0.772. The number of hydrogen-bond acceptors (Lipinski definition) is 3. The van der Waals surface area contributed by atoms with E-state index in [0.717, 1.165) is 19.8 Å². The van der Waals surface area contributed by atoms with Gasteiger partial charge in [0.25, 0.3) is 0 Å². The summed E-state index contributed by atoms with van der Waals surface area (Å²) in [5.41, 5.74) is 0. The molecular weight excluding hydrogens is 212 g/mol. The van der Waals surface area contributed by atoms with Gasteiger partial charge in [0.2, 0.25) is 0 Å². The minimum atomic E-state index is 0.582. The zero-order chi connectivity index (χ0) is 12.8. The average molecular weight is 242 g/mol. The van der Waals surface area contributed by atoms with Crippen LogP contribution in [0.25, 0.3) is 0 Å². The molecule has 0 spiro atoms. The van der Waals surface area contributed by atoms with Crippen molar-refractivity contribution in [1.29, 1.82) is 0 Å². The molecule has 0 saturated carbocycles. The van der Waals surface area contributed by atoms with Crippen molar-refractivity contribution in [2.24, 2.45) is 5.92 Å². The van der Waals surface area contributed by atoms with Crippen LogP contribution in [0, 0.1) is 5.92 Å². The van der Waals surface area contributed by atoms with Gasteiger partial charge in [0, 0.05) is 31.3 Å². The molecule has 17 heavy (non-hydrogen) atoms. The Morgan fingerprint density at radius 1 is 1.18 bits per heavy atom. The summed E-state index contributed by atoms with van der Waals surface area (Å²) < 4.78 is 5.43. The number of ether oxygens (including phenoxy) is 1. The van der Waals surface area contributed by atoms with Crippen LogP contribution in [-0.2, 0) is 4.74 Å². The predicted octanol–water partition coefficient (Wildman–Crippen LogP) is 2.12. The van der Waals surface area contributed by atoms with Crippen LogP contribution in [0.3, 0.4) is 0 Å². The first kappa shape index (κ1) is 14.9. The second kappa shape index (κ2) is 7.34. The van der Waals surface area contributed by atoms with E-state index in [1.165, 1.54) is 12.8 Å². The summed E-state index contributed by atoms with van der Waals surface area (Å²) in [6, 6.07) is 1.92. The molecule has 2 atom stereocenters. The number of nitrogens with zero attached hydrogens (tertiary/aromatic N) is 1. The number of nitrogens with one attached hydrogen (secondary N) is 1. The summed E-state index contributed by atoms with van der Waals surface area (Å²) in [6.45, 7) is 12.1. The summed E-state index contributed by atoms with van der Waals surface area (Å²) in [5.74, 6) is 0.685.